The van der Waals surface area contributed by atoms with E-state index in [9.17, 15) is 4.55 Å². The molecule has 3 nitrogen and oxygen atoms in total. The average molecular weight is 215 g/mol. The van der Waals surface area contributed by atoms with Crippen molar-refractivity contribution >= 4 is 23.3 Å². The van der Waals surface area contributed by atoms with E-state index in [4.69, 9.17) is 5.11 Å². The lowest BCUT2D eigenvalue weighted by Crippen LogP contribution is -2.22. The molecule has 1 N–H and O–H groups in total. The number of fused-ring (bicyclic) bond motifs is 1. The van der Waals surface area contributed by atoms with E-state index in [1.807, 2.05) is 24.3 Å². The molecule has 1 aliphatic heterocycles. The lowest BCUT2D eigenvalue weighted by Gasteiger charge is -2.12. The Morgan fingerprint density at radius 1 is 1.46 bits per heavy atom. The summed E-state index contributed by atoms with van der Waals surface area (Å²) >= 11 is 0.343. The molecule has 1 aromatic carbocycles. The Labute approximate surface area is 84.2 Å². The second kappa shape index (κ2) is 3.89. The molecule has 1 atom stereocenters. The Bertz CT molecular complexity index is 308. The molecular formula is C8H9NO2S2. The van der Waals surface area contributed by atoms with Gasteiger partial charge in [-0.25, -0.2) is 0 Å². The predicted octanol–water partition coefficient (Wildman–Crippen LogP) is 1.02. The highest BCUT2D eigenvalue weighted by Gasteiger charge is 2.34. The number of β-amino-alcohol motifs (C(OH)–C–C–N with tert-alkyl or cyclic N) is 1. The molecule has 1 aromatic rings. The van der Waals surface area contributed by atoms with Crippen LogP contribution in [-0.4, -0.2) is 26.5 Å². The van der Waals surface area contributed by atoms with Crippen molar-refractivity contribution in [2.45, 2.75) is 9.79 Å². The van der Waals surface area contributed by atoms with E-state index in [-0.39, 0.29) is 6.61 Å². The molecule has 1 aliphatic rings. The fourth-order valence-electron chi connectivity index (χ4n) is 1.13. The molecule has 1 heterocycles. The van der Waals surface area contributed by atoms with Crippen molar-refractivity contribution in [2.75, 3.05) is 13.2 Å². The molecule has 0 fully saturated rings. The molecule has 0 aliphatic carbocycles. The van der Waals surface area contributed by atoms with Gasteiger partial charge in [-0.3, -0.25) is 0 Å². The lowest BCUT2D eigenvalue weighted by atomic mass is 10.4. The summed E-state index contributed by atoms with van der Waals surface area (Å²) < 4.78 is 13.4. The van der Waals surface area contributed by atoms with Crippen molar-refractivity contribution in [1.29, 1.82) is 0 Å². The predicted molar refractivity (Wildman–Crippen MR) is 52.5 cm³/mol. The molecular weight excluding hydrogens is 206 g/mol. The van der Waals surface area contributed by atoms with Crippen LogP contribution in [0.1, 0.15) is 0 Å². The zero-order valence-corrected chi connectivity index (χ0v) is 8.48. The fraction of sp³-hybridized carbons (Fsp3) is 0.250. The topological polar surface area (TPSA) is 46.5 Å². The van der Waals surface area contributed by atoms with Crippen LogP contribution in [0, 0.1) is 0 Å². The Kier molecular flexibility index (Phi) is 2.80. The first-order valence-electron chi connectivity index (χ1n) is 3.90. The van der Waals surface area contributed by atoms with Gasteiger partial charge in [0.1, 0.15) is 0 Å². The van der Waals surface area contributed by atoms with E-state index in [1.165, 1.54) is 11.9 Å². The summed E-state index contributed by atoms with van der Waals surface area (Å²) in [6, 6.07) is 7.59. The second-order valence-corrected chi connectivity index (χ2v) is 5.24. The van der Waals surface area contributed by atoms with Crippen LogP contribution in [0.5, 0.6) is 0 Å². The molecule has 2 rings (SSSR count). The first kappa shape index (κ1) is 9.36. The first-order chi connectivity index (χ1) is 6.33. The van der Waals surface area contributed by atoms with Gasteiger partial charge < -0.3 is 9.66 Å². The van der Waals surface area contributed by atoms with Crippen LogP contribution in [0.2, 0.25) is 0 Å². The Balaban J connectivity index is 2.22. The summed E-state index contributed by atoms with van der Waals surface area (Å²) in [7, 11) is 0. The summed E-state index contributed by atoms with van der Waals surface area (Å²) in [5, 5.41) is 8.73. The highest BCUT2D eigenvalue weighted by molar-refractivity contribution is 8.11. The SMILES string of the molecule is [O-][S+]1c2ccccc2SN1CCO. The van der Waals surface area contributed by atoms with E-state index in [0.717, 1.165) is 9.79 Å². The Morgan fingerprint density at radius 3 is 2.92 bits per heavy atom. The van der Waals surface area contributed by atoms with Gasteiger partial charge in [0, 0.05) is 11.9 Å². The number of rotatable bonds is 2. The van der Waals surface area contributed by atoms with Crippen LogP contribution < -0.4 is 0 Å². The highest BCUT2D eigenvalue weighted by Crippen LogP contribution is 2.40. The van der Waals surface area contributed by atoms with E-state index in [2.05, 4.69) is 0 Å². The largest absolute Gasteiger partial charge is 0.592 e. The van der Waals surface area contributed by atoms with Gasteiger partial charge in [0.05, 0.1) is 29.4 Å². The van der Waals surface area contributed by atoms with Gasteiger partial charge in [0.25, 0.3) is 0 Å². The third-order valence-electron chi connectivity index (χ3n) is 1.70. The Morgan fingerprint density at radius 2 is 2.23 bits per heavy atom. The van der Waals surface area contributed by atoms with Gasteiger partial charge >= 0.3 is 0 Å². The van der Waals surface area contributed by atoms with E-state index < -0.39 is 11.4 Å². The van der Waals surface area contributed by atoms with Crippen LogP contribution in [0.3, 0.4) is 0 Å². The maximum atomic E-state index is 11.7. The zero-order chi connectivity index (χ0) is 9.26. The van der Waals surface area contributed by atoms with Crippen LogP contribution >= 0.6 is 11.9 Å². The van der Waals surface area contributed by atoms with E-state index in [1.54, 1.807) is 3.71 Å². The number of aliphatic hydroxyl groups is 1. The molecule has 13 heavy (non-hydrogen) atoms. The van der Waals surface area contributed by atoms with Gasteiger partial charge in [-0.15, -0.1) is 0 Å². The van der Waals surface area contributed by atoms with Crippen molar-refractivity contribution in [1.82, 2.24) is 3.71 Å². The summed E-state index contributed by atoms with van der Waals surface area (Å²) in [6.07, 6.45) is 0. The molecule has 0 aromatic heterocycles. The Hall–Kier alpha value is -0.200. The number of nitrogens with zero attached hydrogens (tertiary/aromatic N) is 1. The number of hydrogen-bond donors (Lipinski definition) is 1. The number of hydrogen-bond acceptors (Lipinski definition) is 4. The van der Waals surface area contributed by atoms with Crippen LogP contribution in [-0.2, 0) is 11.4 Å². The van der Waals surface area contributed by atoms with E-state index in [0.29, 0.717) is 6.54 Å². The van der Waals surface area contributed by atoms with Gasteiger partial charge in [-0.1, -0.05) is 15.8 Å². The van der Waals surface area contributed by atoms with Crippen LogP contribution in [0.15, 0.2) is 34.1 Å². The van der Waals surface area contributed by atoms with Crippen molar-refractivity contribution in [3.63, 3.8) is 0 Å². The number of aliphatic hydroxyl groups excluding tert-OH is 1. The maximum absolute atomic E-state index is 11.7. The minimum absolute atomic E-state index is 0.0345. The summed E-state index contributed by atoms with van der Waals surface area (Å²) in [5.74, 6) is 0. The highest BCUT2D eigenvalue weighted by atomic mass is 32.3. The fourth-order valence-corrected chi connectivity index (χ4v) is 3.80. The van der Waals surface area contributed by atoms with E-state index >= 15 is 0 Å². The number of benzene rings is 1. The summed E-state index contributed by atoms with van der Waals surface area (Å²) in [6.45, 7) is 0.471. The van der Waals surface area contributed by atoms with Gasteiger partial charge in [0.15, 0.2) is 4.90 Å². The standard InChI is InChI=1S/C8H9NO2S2/c10-6-5-9-12-7-3-1-2-4-8(7)13(9)11/h1-4,10H,5-6H2. The second-order valence-electron chi connectivity index (χ2n) is 2.57. The van der Waals surface area contributed by atoms with Gasteiger partial charge in [0.2, 0.25) is 0 Å². The zero-order valence-electron chi connectivity index (χ0n) is 6.84. The molecule has 0 saturated heterocycles. The maximum Gasteiger partial charge on any atom is 0.190 e. The monoisotopic (exact) mass is 215 g/mol. The first-order valence-corrected chi connectivity index (χ1v) is 5.78. The molecule has 70 valence electrons. The summed E-state index contributed by atoms with van der Waals surface area (Å²) in [4.78, 5) is 1.87. The third kappa shape index (κ3) is 1.70. The van der Waals surface area contributed by atoms with Crippen molar-refractivity contribution in [3.8, 4) is 0 Å². The quantitative estimate of drug-likeness (QED) is 0.591. The van der Waals surface area contributed by atoms with Crippen molar-refractivity contribution < 1.29 is 9.66 Å². The minimum Gasteiger partial charge on any atom is -0.592 e. The third-order valence-corrected chi connectivity index (χ3v) is 4.69. The average Bonchev–Trinajstić information content (AvgIpc) is 2.46. The van der Waals surface area contributed by atoms with Gasteiger partial charge in [-0.05, 0) is 12.1 Å². The molecule has 0 saturated carbocycles. The van der Waals surface area contributed by atoms with Crippen molar-refractivity contribution in [3.05, 3.63) is 24.3 Å². The molecule has 0 bridgehead atoms. The molecule has 1 unspecified atom stereocenters. The van der Waals surface area contributed by atoms with Crippen molar-refractivity contribution in [2.24, 2.45) is 0 Å². The molecule has 5 heteroatoms. The normalized spacial score (nSPS) is 21.8. The van der Waals surface area contributed by atoms with Crippen LogP contribution in [0.25, 0.3) is 0 Å². The lowest BCUT2D eigenvalue weighted by molar-refractivity contribution is 0.285. The van der Waals surface area contributed by atoms with Gasteiger partial charge in [-0.2, -0.15) is 0 Å². The summed E-state index contributed by atoms with van der Waals surface area (Å²) in [5.41, 5.74) is 0. The minimum atomic E-state index is -1.10. The van der Waals surface area contributed by atoms with Crippen LogP contribution in [0.4, 0.5) is 0 Å². The smallest absolute Gasteiger partial charge is 0.190 e. The molecule has 0 spiro atoms. The molecule has 0 amide bonds. The molecule has 0 radical (unpaired) electrons.